The van der Waals surface area contributed by atoms with Gasteiger partial charge in [-0.15, -0.1) is 0 Å². The Kier molecular flexibility index (Phi) is 9.78. The minimum atomic E-state index is -3.90. The van der Waals surface area contributed by atoms with Crippen molar-refractivity contribution in [3.8, 4) is 5.75 Å². The Morgan fingerprint density at radius 2 is 2.10 bits per heavy atom. The lowest BCUT2D eigenvalue weighted by Gasteiger charge is -2.15. The Balaban J connectivity index is 1.56. The molecule has 3 N–H and O–H groups in total. The Morgan fingerprint density at radius 1 is 1.30 bits per heavy atom. The van der Waals surface area contributed by atoms with Gasteiger partial charge in [-0.3, -0.25) is 9.52 Å². The molecule has 4 aromatic rings. The number of ether oxygens (including phenoxy) is 1. The van der Waals surface area contributed by atoms with Crippen LogP contribution in [0.5, 0.6) is 5.75 Å². The number of carboxylic acid groups (broad SMARTS) is 1. The van der Waals surface area contributed by atoms with Crippen molar-refractivity contribution in [2.45, 2.75) is 24.2 Å². The number of aromatic nitrogens is 4. The predicted octanol–water partition coefficient (Wildman–Crippen LogP) is 5.56. The van der Waals surface area contributed by atoms with Crippen LogP contribution in [0.15, 0.2) is 41.0 Å². The van der Waals surface area contributed by atoms with Gasteiger partial charge in [0.15, 0.2) is 8.29 Å². The average Bonchev–Trinajstić information content (AvgIpc) is 3.24. The van der Waals surface area contributed by atoms with Gasteiger partial charge in [0.25, 0.3) is 0 Å². The van der Waals surface area contributed by atoms with Crippen LogP contribution in [0, 0.1) is 9.77 Å². The molecule has 2 heterocycles. The summed E-state index contributed by atoms with van der Waals surface area (Å²) in [5, 5.41) is 16.6. The highest BCUT2D eigenvalue weighted by molar-refractivity contribution is 8.01. The average molecular weight is 645 g/mol. The van der Waals surface area contributed by atoms with Crippen LogP contribution in [0.25, 0.3) is 10.9 Å². The van der Waals surface area contributed by atoms with Crippen molar-refractivity contribution < 1.29 is 27.4 Å². The third-order valence-corrected chi connectivity index (χ3v) is 9.17. The second-order valence-electron chi connectivity index (χ2n) is 8.04. The van der Waals surface area contributed by atoms with Crippen LogP contribution >= 0.6 is 46.9 Å². The minimum absolute atomic E-state index is 0.0110. The third kappa shape index (κ3) is 7.78. The normalized spacial score (nSPS) is 11.5. The van der Waals surface area contributed by atoms with E-state index >= 15 is 0 Å². The summed E-state index contributed by atoms with van der Waals surface area (Å²) in [5.41, 5.74) is 1.14. The number of hydrogen-bond acceptors (Lipinski definition) is 11. The number of nitrogens with one attached hydrogen (secondary N) is 2. The van der Waals surface area contributed by atoms with E-state index in [1.54, 1.807) is 19.1 Å². The maximum atomic E-state index is 13.6. The number of aliphatic carboxylic acids is 1. The molecule has 212 valence electrons. The molecule has 0 aliphatic rings. The van der Waals surface area contributed by atoms with Crippen molar-refractivity contribution in [2.75, 3.05) is 28.2 Å². The number of fused-ring (bicyclic) bond motifs is 1. The van der Waals surface area contributed by atoms with Crippen molar-refractivity contribution in [3.05, 3.63) is 51.5 Å². The van der Waals surface area contributed by atoms with E-state index in [-0.39, 0.29) is 41.8 Å². The maximum Gasteiger partial charge on any atom is 0.304 e. The van der Waals surface area contributed by atoms with Crippen molar-refractivity contribution in [2.24, 2.45) is 0 Å². The van der Waals surface area contributed by atoms with Gasteiger partial charge in [-0.1, -0.05) is 34.7 Å². The summed E-state index contributed by atoms with van der Waals surface area (Å²) in [6.45, 7) is 2.04. The van der Waals surface area contributed by atoms with E-state index < -0.39 is 21.8 Å². The topological polar surface area (TPSA) is 148 Å². The van der Waals surface area contributed by atoms with Crippen molar-refractivity contribution in [1.29, 1.82) is 0 Å². The first-order valence-electron chi connectivity index (χ1n) is 11.6. The summed E-state index contributed by atoms with van der Waals surface area (Å²) in [6, 6.07) is 7.26. The number of aryl methyl sites for hydroxylation is 1. The molecule has 0 aliphatic carbocycles. The molecular formula is C23H22ClFN6O5S4. The molecule has 0 fully saturated rings. The molecule has 0 saturated carbocycles. The van der Waals surface area contributed by atoms with E-state index in [9.17, 15) is 17.6 Å². The fraction of sp³-hybridized carbons (Fsp3) is 0.261. The number of carbonyl (C=O) groups is 1. The number of thioether (sulfide) groups is 1. The van der Waals surface area contributed by atoms with Crippen LogP contribution in [0.4, 0.5) is 21.6 Å². The molecule has 0 radical (unpaired) electrons. The standard InChI is InChI=1S/C23H22ClFN6O5S4/c1-2-36-19-11-17-14(21(27-12-26-17)28-13-3-4-16(25)15(24)9-13)10-18(19)30-40(34,35)8-6-31-23(37)39-22(29-31)38-7-5-20(32)33/h3-4,9-12,30H,2,5-8H2,1H3,(H,32,33)(H,26,27,28). The molecule has 0 unspecified atom stereocenters. The van der Waals surface area contributed by atoms with Crippen LogP contribution in [0.3, 0.4) is 0 Å². The molecule has 0 saturated heterocycles. The van der Waals surface area contributed by atoms with E-state index in [1.807, 2.05) is 0 Å². The van der Waals surface area contributed by atoms with Gasteiger partial charge in [-0.2, -0.15) is 5.10 Å². The van der Waals surface area contributed by atoms with Crippen LogP contribution in [-0.4, -0.2) is 57.4 Å². The predicted molar refractivity (Wildman–Crippen MR) is 157 cm³/mol. The molecule has 40 heavy (non-hydrogen) atoms. The van der Waals surface area contributed by atoms with Crippen molar-refractivity contribution in [1.82, 2.24) is 19.7 Å². The molecule has 2 aromatic heterocycles. The number of rotatable bonds is 13. The number of anilines is 3. The first kappa shape index (κ1) is 29.9. The van der Waals surface area contributed by atoms with Crippen LogP contribution in [0.1, 0.15) is 13.3 Å². The number of hydrogen-bond donors (Lipinski definition) is 3. The van der Waals surface area contributed by atoms with E-state index in [1.165, 1.54) is 52.3 Å². The zero-order valence-electron chi connectivity index (χ0n) is 20.8. The number of carboxylic acids is 1. The summed E-state index contributed by atoms with van der Waals surface area (Å²) in [6.07, 6.45) is 1.31. The Labute approximate surface area is 246 Å². The molecule has 4 rings (SSSR count). The molecule has 0 amide bonds. The smallest absolute Gasteiger partial charge is 0.304 e. The van der Waals surface area contributed by atoms with Gasteiger partial charge in [-0.05, 0) is 43.4 Å². The van der Waals surface area contributed by atoms with Gasteiger partial charge in [0, 0.05) is 22.9 Å². The molecule has 0 atom stereocenters. The van der Waals surface area contributed by atoms with Gasteiger partial charge in [-0.25, -0.2) is 27.5 Å². The zero-order chi connectivity index (χ0) is 28.9. The highest BCUT2D eigenvalue weighted by Gasteiger charge is 2.18. The first-order chi connectivity index (χ1) is 19.0. The minimum Gasteiger partial charge on any atom is -0.492 e. The molecule has 0 spiro atoms. The van der Waals surface area contributed by atoms with Crippen LogP contribution in [0.2, 0.25) is 5.02 Å². The molecule has 17 heteroatoms. The first-order valence-corrected chi connectivity index (χ1v) is 15.9. The number of halogens is 2. The fourth-order valence-electron chi connectivity index (χ4n) is 3.39. The van der Waals surface area contributed by atoms with E-state index in [4.69, 9.17) is 33.7 Å². The highest BCUT2D eigenvalue weighted by atomic mass is 35.5. The Bertz CT molecular complexity index is 1720. The van der Waals surface area contributed by atoms with Crippen molar-refractivity contribution >= 4 is 91.0 Å². The van der Waals surface area contributed by atoms with Gasteiger partial charge in [0.05, 0.1) is 41.6 Å². The number of benzene rings is 2. The quantitative estimate of drug-likeness (QED) is 0.124. The van der Waals surface area contributed by atoms with E-state index in [0.29, 0.717) is 36.5 Å². The molecule has 2 aromatic carbocycles. The lowest BCUT2D eigenvalue weighted by molar-refractivity contribution is -0.136. The summed E-state index contributed by atoms with van der Waals surface area (Å²) >= 11 is 13.6. The Hall–Kier alpha value is -3.05. The van der Waals surface area contributed by atoms with Gasteiger partial charge >= 0.3 is 5.97 Å². The monoisotopic (exact) mass is 644 g/mol. The largest absolute Gasteiger partial charge is 0.492 e. The molecule has 0 bridgehead atoms. The van der Waals surface area contributed by atoms with E-state index in [2.05, 4.69) is 25.1 Å². The number of sulfonamides is 1. The lowest BCUT2D eigenvalue weighted by atomic mass is 10.2. The van der Waals surface area contributed by atoms with E-state index in [0.717, 1.165) is 0 Å². The highest BCUT2D eigenvalue weighted by Crippen LogP contribution is 2.34. The number of nitrogens with zero attached hydrogens (tertiary/aromatic N) is 4. The van der Waals surface area contributed by atoms with Crippen LogP contribution in [-0.2, 0) is 21.4 Å². The maximum absolute atomic E-state index is 13.6. The second kappa shape index (κ2) is 13.1. The Morgan fingerprint density at radius 3 is 2.83 bits per heavy atom. The van der Waals surface area contributed by atoms with Crippen molar-refractivity contribution in [3.63, 3.8) is 0 Å². The lowest BCUT2D eigenvalue weighted by Crippen LogP contribution is -2.21. The summed E-state index contributed by atoms with van der Waals surface area (Å²) in [4.78, 5) is 19.2. The van der Waals surface area contributed by atoms with Crippen LogP contribution < -0.4 is 14.8 Å². The fourth-order valence-corrected chi connectivity index (χ4v) is 6.96. The molecular weight excluding hydrogens is 623 g/mol. The molecule has 0 aliphatic heterocycles. The zero-order valence-corrected chi connectivity index (χ0v) is 24.8. The van der Waals surface area contributed by atoms with Gasteiger partial charge in [0.2, 0.25) is 10.0 Å². The van der Waals surface area contributed by atoms with Gasteiger partial charge < -0.3 is 15.2 Å². The molecule has 11 nitrogen and oxygen atoms in total. The summed E-state index contributed by atoms with van der Waals surface area (Å²) < 4.78 is 50.3. The summed E-state index contributed by atoms with van der Waals surface area (Å²) in [5.74, 6) is -0.868. The van der Waals surface area contributed by atoms with Gasteiger partial charge in [0.1, 0.15) is 23.7 Å². The second-order valence-corrected chi connectivity index (χ2v) is 13.3. The SMILES string of the molecule is CCOc1cc2ncnc(Nc3ccc(F)c(Cl)c3)c2cc1NS(=O)(=O)CCn1nc(SCCC(=O)O)sc1=S. The summed E-state index contributed by atoms with van der Waals surface area (Å²) in [7, 11) is -3.90. The third-order valence-electron chi connectivity index (χ3n) is 5.19.